The van der Waals surface area contributed by atoms with E-state index < -0.39 is 18.2 Å². The minimum atomic E-state index is -4.83. The highest BCUT2D eigenvalue weighted by Gasteiger charge is 2.31. The largest absolute Gasteiger partial charge is 0.573 e. The molecule has 3 rings (SSSR count). The molecule has 0 atom stereocenters. The van der Waals surface area contributed by atoms with Crippen molar-refractivity contribution in [1.29, 1.82) is 0 Å². The Morgan fingerprint density at radius 2 is 1.56 bits per heavy atom. The lowest BCUT2D eigenvalue weighted by molar-refractivity contribution is -0.300. The number of ether oxygens (including phenoxy) is 2. The van der Waals surface area contributed by atoms with Crippen molar-refractivity contribution in [3.8, 4) is 22.6 Å². The quantitative estimate of drug-likeness (QED) is 0.244. The van der Waals surface area contributed by atoms with Gasteiger partial charge >= 0.3 is 6.36 Å². The Balaban J connectivity index is 2.02. The van der Waals surface area contributed by atoms with Crippen LogP contribution in [0, 0.1) is 0 Å². The van der Waals surface area contributed by atoms with Crippen LogP contribution >= 0.6 is 0 Å². The fourth-order valence-electron chi connectivity index (χ4n) is 3.88. The molecule has 0 spiro atoms. The smallest absolute Gasteiger partial charge is 0.540 e. The van der Waals surface area contributed by atoms with Crippen LogP contribution in [0.5, 0.6) is 11.5 Å². The number of hydrogen-bond acceptors (Lipinski definition) is 5. The number of nitrogens with zero attached hydrogens (tertiary/aromatic N) is 1. The summed E-state index contributed by atoms with van der Waals surface area (Å²) in [6.45, 7) is 8.58. The zero-order valence-corrected chi connectivity index (χ0v) is 22.3. The number of carbonyl (C=O) groups is 2. The molecule has 1 amide bonds. The SMILES string of the molecule is CCCCOc1ccc(N(Cc2ccc(C(C)(C)C)cc2)C(=O)C(=O)[O-])cc1-c1ccc(OC(F)(F)F)cc1. The van der Waals surface area contributed by atoms with Crippen molar-refractivity contribution in [1.82, 2.24) is 0 Å². The Hall–Kier alpha value is -4.01. The molecule has 208 valence electrons. The third-order valence-electron chi connectivity index (χ3n) is 6.01. The van der Waals surface area contributed by atoms with Gasteiger partial charge in [0.1, 0.15) is 17.5 Å². The number of benzene rings is 3. The minimum Gasteiger partial charge on any atom is -0.540 e. The molecule has 3 aromatic rings. The highest BCUT2D eigenvalue weighted by molar-refractivity contribution is 6.36. The maximum absolute atomic E-state index is 12.7. The molecule has 0 aromatic heterocycles. The predicted octanol–water partition coefficient (Wildman–Crippen LogP) is 6.01. The molecular weight excluding hydrogens is 511 g/mol. The summed E-state index contributed by atoms with van der Waals surface area (Å²) in [5.74, 6) is -3.04. The number of anilines is 1. The molecule has 0 N–H and O–H groups in total. The van der Waals surface area contributed by atoms with Gasteiger partial charge in [-0.05, 0) is 58.9 Å². The number of carboxylic acid groups (broad SMARTS) is 1. The van der Waals surface area contributed by atoms with Crippen LogP contribution in [0.3, 0.4) is 0 Å². The molecule has 0 aliphatic heterocycles. The summed E-state index contributed by atoms with van der Waals surface area (Å²) < 4.78 is 47.7. The molecule has 0 aliphatic rings. The molecule has 0 fully saturated rings. The summed E-state index contributed by atoms with van der Waals surface area (Å²) in [4.78, 5) is 25.4. The molecule has 0 aliphatic carbocycles. The fraction of sp³-hybridized carbons (Fsp3) is 0.333. The summed E-state index contributed by atoms with van der Waals surface area (Å²) in [6.07, 6.45) is -3.16. The van der Waals surface area contributed by atoms with E-state index in [1.165, 1.54) is 24.3 Å². The van der Waals surface area contributed by atoms with E-state index in [2.05, 4.69) is 25.5 Å². The zero-order chi connectivity index (χ0) is 28.8. The number of halogens is 3. The van der Waals surface area contributed by atoms with Crippen LogP contribution in [0.25, 0.3) is 11.1 Å². The first kappa shape index (κ1) is 29.5. The van der Waals surface area contributed by atoms with Crippen LogP contribution < -0.4 is 19.5 Å². The van der Waals surface area contributed by atoms with Crippen molar-refractivity contribution in [2.45, 2.75) is 58.9 Å². The van der Waals surface area contributed by atoms with Gasteiger partial charge in [0, 0.05) is 11.3 Å². The van der Waals surface area contributed by atoms with Crippen LogP contribution in [0.15, 0.2) is 66.7 Å². The fourth-order valence-corrected chi connectivity index (χ4v) is 3.88. The lowest BCUT2D eigenvalue weighted by Gasteiger charge is -2.25. The number of rotatable bonds is 9. The van der Waals surface area contributed by atoms with Crippen molar-refractivity contribution in [3.05, 3.63) is 77.9 Å². The van der Waals surface area contributed by atoms with Crippen molar-refractivity contribution in [2.24, 2.45) is 0 Å². The van der Waals surface area contributed by atoms with E-state index in [4.69, 9.17) is 4.74 Å². The highest BCUT2D eigenvalue weighted by Crippen LogP contribution is 2.36. The lowest BCUT2D eigenvalue weighted by Crippen LogP contribution is -2.44. The number of amides is 1. The first-order chi connectivity index (χ1) is 18.3. The van der Waals surface area contributed by atoms with E-state index in [9.17, 15) is 27.9 Å². The van der Waals surface area contributed by atoms with E-state index in [1.54, 1.807) is 18.2 Å². The Kier molecular flexibility index (Phi) is 9.27. The van der Waals surface area contributed by atoms with Crippen molar-refractivity contribution in [2.75, 3.05) is 11.5 Å². The first-order valence-corrected chi connectivity index (χ1v) is 12.5. The molecule has 0 saturated heterocycles. The van der Waals surface area contributed by atoms with E-state index >= 15 is 0 Å². The third kappa shape index (κ3) is 8.24. The van der Waals surface area contributed by atoms with E-state index in [0.717, 1.165) is 23.3 Å². The molecule has 0 saturated carbocycles. The summed E-state index contributed by atoms with van der Waals surface area (Å²) >= 11 is 0. The Bertz CT molecular complexity index is 1280. The van der Waals surface area contributed by atoms with Crippen molar-refractivity contribution >= 4 is 17.6 Å². The summed E-state index contributed by atoms with van der Waals surface area (Å²) in [5, 5.41) is 11.6. The second kappa shape index (κ2) is 12.2. The molecule has 0 unspecified atom stereocenters. The van der Waals surface area contributed by atoms with Gasteiger partial charge in [-0.3, -0.25) is 4.79 Å². The average molecular weight is 543 g/mol. The van der Waals surface area contributed by atoms with Crippen LogP contribution in [-0.2, 0) is 21.5 Å². The minimum absolute atomic E-state index is 0.0366. The Labute approximate surface area is 226 Å². The lowest BCUT2D eigenvalue weighted by atomic mass is 9.87. The number of alkyl halides is 3. The van der Waals surface area contributed by atoms with Gasteiger partial charge in [0.15, 0.2) is 0 Å². The van der Waals surface area contributed by atoms with Crippen LogP contribution in [0.4, 0.5) is 18.9 Å². The number of carbonyl (C=O) groups excluding carboxylic acids is 2. The number of aliphatic carboxylic acids is 1. The molecule has 0 radical (unpaired) electrons. The van der Waals surface area contributed by atoms with Gasteiger partial charge in [0.2, 0.25) is 0 Å². The maximum Gasteiger partial charge on any atom is 0.573 e. The van der Waals surface area contributed by atoms with Crippen LogP contribution in [0.2, 0.25) is 0 Å². The normalized spacial score (nSPS) is 11.7. The van der Waals surface area contributed by atoms with Crippen LogP contribution in [0.1, 0.15) is 51.7 Å². The second-order valence-electron chi connectivity index (χ2n) is 10.1. The van der Waals surface area contributed by atoms with Gasteiger partial charge in [-0.2, -0.15) is 0 Å². The summed E-state index contributed by atoms with van der Waals surface area (Å²) in [5.41, 5.74) is 2.93. The van der Waals surface area contributed by atoms with Gasteiger partial charge in [-0.1, -0.05) is 70.5 Å². The Morgan fingerprint density at radius 3 is 2.10 bits per heavy atom. The predicted molar refractivity (Wildman–Crippen MR) is 140 cm³/mol. The van der Waals surface area contributed by atoms with Crippen molar-refractivity contribution in [3.63, 3.8) is 0 Å². The molecule has 39 heavy (non-hydrogen) atoms. The molecular formula is C30H31F3NO5-. The van der Waals surface area contributed by atoms with Gasteiger partial charge in [-0.15, -0.1) is 13.2 Å². The van der Waals surface area contributed by atoms with E-state index in [0.29, 0.717) is 29.0 Å². The maximum atomic E-state index is 12.7. The summed E-state index contributed by atoms with van der Waals surface area (Å²) in [7, 11) is 0. The molecule has 3 aromatic carbocycles. The van der Waals surface area contributed by atoms with E-state index in [1.807, 2.05) is 31.2 Å². The van der Waals surface area contributed by atoms with E-state index in [-0.39, 0.29) is 23.4 Å². The topological polar surface area (TPSA) is 78.9 Å². The summed E-state index contributed by atoms with van der Waals surface area (Å²) in [6, 6.07) is 17.5. The molecule has 6 nitrogen and oxygen atoms in total. The highest BCUT2D eigenvalue weighted by atomic mass is 19.4. The van der Waals surface area contributed by atoms with Gasteiger partial charge in [0.05, 0.1) is 13.2 Å². The standard InChI is InChI=1S/C30H32F3NO5/c1-5-6-17-38-26-16-13-23(18-25(26)21-9-14-24(15-10-21)39-30(31,32)33)34(27(35)28(36)37)19-20-7-11-22(12-8-20)29(2,3)4/h7-16,18H,5-6,17,19H2,1-4H3,(H,36,37)/p-1. The zero-order valence-electron chi connectivity index (χ0n) is 22.3. The van der Waals surface area contributed by atoms with Crippen molar-refractivity contribution < 1.29 is 37.3 Å². The molecule has 0 heterocycles. The second-order valence-corrected chi connectivity index (χ2v) is 10.1. The number of carboxylic acids is 1. The third-order valence-corrected chi connectivity index (χ3v) is 6.01. The average Bonchev–Trinajstić information content (AvgIpc) is 2.86. The Morgan fingerprint density at radius 1 is 0.923 bits per heavy atom. The monoisotopic (exact) mass is 542 g/mol. The first-order valence-electron chi connectivity index (χ1n) is 12.5. The molecule has 9 heteroatoms. The van der Waals surface area contributed by atoms with Crippen LogP contribution in [-0.4, -0.2) is 24.8 Å². The number of hydrogen-bond donors (Lipinski definition) is 0. The molecule has 0 bridgehead atoms. The van der Waals surface area contributed by atoms with Gasteiger partial charge < -0.3 is 24.3 Å². The van der Waals surface area contributed by atoms with Gasteiger partial charge in [-0.25, -0.2) is 0 Å². The number of unbranched alkanes of at least 4 members (excludes halogenated alkanes) is 1. The van der Waals surface area contributed by atoms with Gasteiger partial charge in [0.25, 0.3) is 5.91 Å².